The molecule has 6 nitrogen and oxygen atoms in total. The standard InChI is InChI=1S/C30H34O6/c1-17(2)7-6-13-30(5)14-12-20-19(10-11-22(31)29(20)36-30)25-16-24(33)27-26(35-25)15-23(32)21(28(27)34)9-8-18(3)4/h6-8,10-11,13,15,25,31-32,34H,9,12,14,16H2,1-5H3/b13-6+/t25-,30?/m0/s1. The molecule has 2 aromatic carbocycles. The first-order valence-corrected chi connectivity index (χ1v) is 12.3. The van der Waals surface area contributed by atoms with E-state index in [9.17, 15) is 20.1 Å². The highest BCUT2D eigenvalue weighted by molar-refractivity contribution is 6.03. The number of hydrogen-bond acceptors (Lipinski definition) is 6. The fourth-order valence-corrected chi connectivity index (χ4v) is 4.70. The number of carbonyl (C=O) groups excluding carboxylic acids is 1. The van der Waals surface area contributed by atoms with E-state index in [1.165, 1.54) is 11.6 Å². The Balaban J connectivity index is 1.67. The minimum Gasteiger partial charge on any atom is -0.507 e. The number of ether oxygens (including phenoxy) is 2. The van der Waals surface area contributed by atoms with Gasteiger partial charge in [0.15, 0.2) is 17.3 Å². The van der Waals surface area contributed by atoms with Gasteiger partial charge in [-0.1, -0.05) is 35.4 Å². The van der Waals surface area contributed by atoms with Crippen LogP contribution in [0.15, 0.2) is 53.6 Å². The molecule has 0 spiro atoms. The van der Waals surface area contributed by atoms with E-state index in [-0.39, 0.29) is 40.8 Å². The van der Waals surface area contributed by atoms with E-state index in [2.05, 4.69) is 0 Å². The van der Waals surface area contributed by atoms with Crippen molar-refractivity contribution in [2.45, 2.75) is 72.0 Å². The molecule has 2 aliphatic rings. The summed E-state index contributed by atoms with van der Waals surface area (Å²) < 4.78 is 12.4. The quantitative estimate of drug-likeness (QED) is 0.322. The Morgan fingerprint density at radius 2 is 1.86 bits per heavy atom. The van der Waals surface area contributed by atoms with E-state index in [0.29, 0.717) is 30.6 Å². The van der Waals surface area contributed by atoms with Crippen LogP contribution in [0, 0.1) is 0 Å². The molecule has 0 aromatic heterocycles. The Bertz CT molecular complexity index is 1290. The number of phenolic OH excluding ortho intramolecular Hbond substituents is 3. The molecule has 0 aliphatic carbocycles. The lowest BCUT2D eigenvalue weighted by Crippen LogP contribution is -2.35. The topological polar surface area (TPSA) is 96.2 Å². The first-order chi connectivity index (χ1) is 17.0. The van der Waals surface area contributed by atoms with Crippen LogP contribution >= 0.6 is 0 Å². The molecule has 4 rings (SSSR count). The van der Waals surface area contributed by atoms with E-state index in [1.807, 2.05) is 58.9 Å². The van der Waals surface area contributed by atoms with Crippen LogP contribution in [0.25, 0.3) is 0 Å². The Labute approximate surface area is 212 Å². The number of fused-ring (bicyclic) bond motifs is 2. The minimum absolute atomic E-state index is 0.0301. The lowest BCUT2D eigenvalue weighted by Gasteiger charge is -2.36. The molecule has 0 radical (unpaired) electrons. The summed E-state index contributed by atoms with van der Waals surface area (Å²) in [6.07, 6.45) is 8.88. The number of carbonyl (C=O) groups is 1. The fraction of sp³-hybridized carbons (Fsp3) is 0.367. The van der Waals surface area contributed by atoms with Gasteiger partial charge < -0.3 is 24.8 Å². The van der Waals surface area contributed by atoms with E-state index >= 15 is 0 Å². The summed E-state index contributed by atoms with van der Waals surface area (Å²) in [6, 6.07) is 4.72. The average molecular weight is 491 g/mol. The maximum Gasteiger partial charge on any atom is 0.174 e. The van der Waals surface area contributed by atoms with Gasteiger partial charge in [-0.25, -0.2) is 0 Å². The number of allylic oxidation sites excluding steroid dienone is 5. The average Bonchev–Trinajstić information content (AvgIpc) is 2.78. The highest BCUT2D eigenvalue weighted by Gasteiger charge is 2.37. The first-order valence-electron chi connectivity index (χ1n) is 12.3. The number of aromatic hydroxyl groups is 3. The molecule has 0 fully saturated rings. The van der Waals surface area contributed by atoms with Crippen LogP contribution in [-0.2, 0) is 12.8 Å². The predicted molar refractivity (Wildman–Crippen MR) is 139 cm³/mol. The molecule has 2 heterocycles. The van der Waals surface area contributed by atoms with Crippen LogP contribution in [0.2, 0.25) is 0 Å². The van der Waals surface area contributed by atoms with Crippen molar-refractivity contribution in [3.63, 3.8) is 0 Å². The second-order valence-electron chi connectivity index (χ2n) is 10.3. The third-order valence-electron chi connectivity index (χ3n) is 6.69. The van der Waals surface area contributed by atoms with Crippen LogP contribution in [0.1, 0.15) is 80.6 Å². The van der Waals surface area contributed by atoms with E-state index in [1.54, 1.807) is 12.1 Å². The maximum absolute atomic E-state index is 13.2. The number of hydrogen-bond donors (Lipinski definition) is 3. The monoisotopic (exact) mass is 490 g/mol. The van der Waals surface area contributed by atoms with Gasteiger partial charge in [0.2, 0.25) is 0 Å². The molecule has 36 heavy (non-hydrogen) atoms. The van der Waals surface area contributed by atoms with Gasteiger partial charge in [-0.3, -0.25) is 4.79 Å². The van der Waals surface area contributed by atoms with Crippen molar-refractivity contribution in [1.82, 2.24) is 0 Å². The molecular weight excluding hydrogens is 456 g/mol. The molecule has 2 aromatic rings. The Kier molecular flexibility index (Phi) is 6.90. The molecule has 0 bridgehead atoms. The summed E-state index contributed by atoms with van der Waals surface area (Å²) in [5.41, 5.74) is 3.60. The molecule has 0 saturated heterocycles. The van der Waals surface area contributed by atoms with Crippen molar-refractivity contribution in [3.8, 4) is 28.7 Å². The summed E-state index contributed by atoms with van der Waals surface area (Å²) >= 11 is 0. The molecule has 2 aliphatic heterocycles. The lowest BCUT2D eigenvalue weighted by molar-refractivity contribution is 0.0830. The minimum atomic E-state index is -0.629. The summed E-state index contributed by atoms with van der Waals surface area (Å²) in [7, 11) is 0. The van der Waals surface area contributed by atoms with Crippen molar-refractivity contribution in [2.24, 2.45) is 0 Å². The Morgan fingerprint density at radius 1 is 1.11 bits per heavy atom. The van der Waals surface area contributed by atoms with Gasteiger partial charge >= 0.3 is 0 Å². The number of Topliss-reactive ketones (excluding diaryl/α,β-unsaturated/α-hetero) is 1. The largest absolute Gasteiger partial charge is 0.507 e. The lowest BCUT2D eigenvalue weighted by atomic mass is 9.85. The second kappa shape index (κ2) is 9.76. The van der Waals surface area contributed by atoms with E-state index < -0.39 is 11.7 Å². The summed E-state index contributed by atoms with van der Waals surface area (Å²) in [6.45, 7) is 9.88. The fourth-order valence-electron chi connectivity index (χ4n) is 4.70. The second-order valence-corrected chi connectivity index (χ2v) is 10.3. The van der Waals surface area contributed by atoms with Gasteiger partial charge in [0.25, 0.3) is 0 Å². The number of rotatable bonds is 5. The summed E-state index contributed by atoms with van der Waals surface area (Å²) in [4.78, 5) is 13.2. The van der Waals surface area contributed by atoms with Gasteiger partial charge in [0, 0.05) is 17.2 Å². The van der Waals surface area contributed by atoms with Gasteiger partial charge in [-0.15, -0.1) is 0 Å². The van der Waals surface area contributed by atoms with Crippen molar-refractivity contribution in [2.75, 3.05) is 0 Å². The van der Waals surface area contributed by atoms with Crippen LogP contribution in [-0.4, -0.2) is 26.7 Å². The van der Waals surface area contributed by atoms with Crippen LogP contribution in [0.4, 0.5) is 0 Å². The maximum atomic E-state index is 13.2. The third-order valence-corrected chi connectivity index (χ3v) is 6.69. The third kappa shape index (κ3) is 4.99. The SMILES string of the molecule is CC(C)=C/C=C/C1(C)CCc2c([C@@H]3CC(=O)c4c(cc(O)c(CC=C(C)C)c4O)O3)ccc(O)c2O1. The van der Waals surface area contributed by atoms with Crippen LogP contribution in [0.5, 0.6) is 28.7 Å². The molecule has 1 unspecified atom stereocenters. The molecule has 2 atom stereocenters. The molecule has 6 heteroatoms. The highest BCUT2D eigenvalue weighted by atomic mass is 16.5. The number of benzene rings is 2. The summed E-state index contributed by atoms with van der Waals surface area (Å²) in [5.74, 6) is -0.0247. The molecule has 3 N–H and O–H groups in total. The van der Waals surface area contributed by atoms with Crippen LogP contribution in [0.3, 0.4) is 0 Å². The molecule has 0 saturated carbocycles. The van der Waals surface area contributed by atoms with Crippen molar-refractivity contribution >= 4 is 5.78 Å². The first kappa shape index (κ1) is 25.4. The van der Waals surface area contributed by atoms with Gasteiger partial charge in [-0.05, 0) is 71.6 Å². The zero-order valence-electron chi connectivity index (χ0n) is 21.5. The number of ketones is 1. The summed E-state index contributed by atoms with van der Waals surface area (Å²) in [5, 5.41) is 31.9. The highest BCUT2D eigenvalue weighted by Crippen LogP contribution is 2.48. The molecule has 0 amide bonds. The zero-order valence-corrected chi connectivity index (χ0v) is 21.5. The zero-order chi connectivity index (χ0) is 26.2. The van der Waals surface area contributed by atoms with Crippen molar-refractivity contribution in [1.29, 1.82) is 0 Å². The van der Waals surface area contributed by atoms with E-state index in [4.69, 9.17) is 9.47 Å². The molecule has 190 valence electrons. The van der Waals surface area contributed by atoms with Gasteiger partial charge in [-0.2, -0.15) is 0 Å². The van der Waals surface area contributed by atoms with Crippen LogP contribution < -0.4 is 9.47 Å². The predicted octanol–water partition coefficient (Wildman–Crippen LogP) is 6.62. The van der Waals surface area contributed by atoms with E-state index in [0.717, 1.165) is 16.7 Å². The molecular formula is C30H34O6. The Morgan fingerprint density at radius 3 is 2.56 bits per heavy atom. The smallest absolute Gasteiger partial charge is 0.174 e. The Hall–Kier alpha value is -3.67. The van der Waals surface area contributed by atoms with Gasteiger partial charge in [0.1, 0.15) is 34.5 Å². The van der Waals surface area contributed by atoms with Crippen molar-refractivity contribution in [3.05, 3.63) is 75.9 Å². The van der Waals surface area contributed by atoms with Gasteiger partial charge in [0.05, 0.1) is 6.42 Å². The number of phenols is 3. The normalized spacial score (nSPS) is 20.7. The van der Waals surface area contributed by atoms with Crippen molar-refractivity contribution < 1.29 is 29.6 Å².